The van der Waals surface area contributed by atoms with Gasteiger partial charge in [-0.3, -0.25) is 14.4 Å². The predicted molar refractivity (Wildman–Crippen MR) is 91.1 cm³/mol. The zero-order chi connectivity index (χ0) is 17.5. The number of methoxy groups -OCH3 is 1. The lowest BCUT2D eigenvalue weighted by Crippen LogP contribution is -2.17. The second kappa shape index (κ2) is 8.30. The molecule has 2 N–H and O–H groups in total. The van der Waals surface area contributed by atoms with Crippen LogP contribution in [-0.4, -0.2) is 34.7 Å². The van der Waals surface area contributed by atoms with Gasteiger partial charge < -0.3 is 15.0 Å². The Kier molecular flexibility index (Phi) is 6.14. The third kappa shape index (κ3) is 5.24. The Morgan fingerprint density at radius 1 is 1.33 bits per heavy atom. The fraction of sp³-hybridized carbons (Fsp3) is 0.250. The molecule has 24 heavy (non-hydrogen) atoms. The number of thioether (sulfide) groups is 1. The zero-order valence-electron chi connectivity index (χ0n) is 13.3. The summed E-state index contributed by atoms with van der Waals surface area (Å²) in [5.74, 6) is -0.615. The van der Waals surface area contributed by atoms with Crippen LogP contribution in [0.3, 0.4) is 0 Å². The van der Waals surface area contributed by atoms with Crippen LogP contribution in [0.2, 0.25) is 0 Å². The maximum absolute atomic E-state index is 12.0. The standard InChI is InChI=1S/C16H17N3O4S/c1-10-5-3-4-6-12(10)18-14(21)9-24-16-17-11(7-13(20)19-16)8-15(22)23-2/h3-7H,8-9H2,1-2H3,(H,18,21)(H,17,19,20). The SMILES string of the molecule is COC(=O)Cc1cc(=O)[nH]c(SCC(=O)Nc2ccccc2C)n1. The third-order valence-electron chi connectivity index (χ3n) is 3.09. The number of carbonyl (C=O) groups is 2. The fourth-order valence-corrected chi connectivity index (χ4v) is 2.59. The van der Waals surface area contributed by atoms with Crippen molar-refractivity contribution in [2.45, 2.75) is 18.5 Å². The van der Waals surface area contributed by atoms with Crippen molar-refractivity contribution in [3.63, 3.8) is 0 Å². The number of ether oxygens (including phenoxy) is 1. The number of nitrogens with one attached hydrogen (secondary N) is 2. The van der Waals surface area contributed by atoms with Gasteiger partial charge in [0.1, 0.15) is 0 Å². The van der Waals surface area contributed by atoms with E-state index < -0.39 is 5.97 Å². The number of para-hydroxylation sites is 1. The van der Waals surface area contributed by atoms with Gasteiger partial charge in [0.2, 0.25) is 5.91 Å². The molecule has 0 saturated heterocycles. The summed E-state index contributed by atoms with van der Waals surface area (Å²) in [6.07, 6.45) is -0.0939. The third-order valence-corrected chi connectivity index (χ3v) is 3.96. The molecule has 1 aromatic heterocycles. The number of H-pyrrole nitrogens is 1. The summed E-state index contributed by atoms with van der Waals surface area (Å²) >= 11 is 1.09. The van der Waals surface area contributed by atoms with E-state index in [1.54, 1.807) is 0 Å². The summed E-state index contributed by atoms with van der Waals surface area (Å²) in [5, 5.41) is 3.08. The first-order valence-electron chi connectivity index (χ1n) is 7.13. The van der Waals surface area contributed by atoms with Crippen LogP contribution in [0.25, 0.3) is 0 Å². The maximum atomic E-state index is 12.0. The monoisotopic (exact) mass is 347 g/mol. The Balaban J connectivity index is 1.98. The molecular weight excluding hydrogens is 330 g/mol. The molecule has 1 amide bonds. The van der Waals surface area contributed by atoms with Gasteiger partial charge >= 0.3 is 5.97 Å². The highest BCUT2D eigenvalue weighted by Crippen LogP contribution is 2.16. The Labute approximate surface area is 142 Å². The van der Waals surface area contributed by atoms with Crippen LogP contribution in [0.1, 0.15) is 11.3 Å². The number of anilines is 1. The number of aryl methyl sites for hydroxylation is 1. The van der Waals surface area contributed by atoms with Gasteiger partial charge in [0, 0.05) is 11.8 Å². The molecule has 0 atom stereocenters. The molecule has 8 heteroatoms. The molecule has 0 aliphatic rings. The number of benzene rings is 1. The van der Waals surface area contributed by atoms with Crippen LogP contribution in [-0.2, 0) is 20.7 Å². The Morgan fingerprint density at radius 3 is 2.79 bits per heavy atom. The van der Waals surface area contributed by atoms with Gasteiger partial charge in [-0.25, -0.2) is 4.98 Å². The van der Waals surface area contributed by atoms with Crippen molar-refractivity contribution in [1.82, 2.24) is 9.97 Å². The molecule has 0 unspecified atom stereocenters. The lowest BCUT2D eigenvalue weighted by Gasteiger charge is -2.08. The number of amides is 1. The summed E-state index contributed by atoms with van der Waals surface area (Å²) in [6.45, 7) is 1.90. The highest BCUT2D eigenvalue weighted by atomic mass is 32.2. The summed E-state index contributed by atoms with van der Waals surface area (Å²) in [5.41, 5.74) is 1.62. The average Bonchev–Trinajstić information content (AvgIpc) is 2.54. The first-order valence-corrected chi connectivity index (χ1v) is 8.12. The van der Waals surface area contributed by atoms with Crippen molar-refractivity contribution in [3.8, 4) is 0 Å². The number of nitrogens with zero attached hydrogens (tertiary/aromatic N) is 1. The smallest absolute Gasteiger partial charge is 0.311 e. The minimum Gasteiger partial charge on any atom is -0.469 e. The molecule has 0 saturated carbocycles. The largest absolute Gasteiger partial charge is 0.469 e. The van der Waals surface area contributed by atoms with Crippen LogP contribution in [0.15, 0.2) is 40.3 Å². The quantitative estimate of drug-likeness (QED) is 0.467. The molecule has 2 rings (SSSR count). The number of rotatable bonds is 6. The molecular formula is C16H17N3O4S. The number of hydrogen-bond donors (Lipinski definition) is 2. The number of aromatic amines is 1. The van der Waals surface area contributed by atoms with Crippen molar-refractivity contribution in [2.24, 2.45) is 0 Å². The Hall–Kier alpha value is -2.61. The highest BCUT2D eigenvalue weighted by molar-refractivity contribution is 7.99. The van der Waals surface area contributed by atoms with Gasteiger partial charge in [0.05, 0.1) is 25.0 Å². The van der Waals surface area contributed by atoms with Gasteiger partial charge in [-0.05, 0) is 18.6 Å². The normalized spacial score (nSPS) is 10.2. The topological polar surface area (TPSA) is 101 Å². The summed E-state index contributed by atoms with van der Waals surface area (Å²) in [6, 6.07) is 8.67. The number of hydrogen-bond acceptors (Lipinski definition) is 6. The van der Waals surface area contributed by atoms with Crippen LogP contribution in [0, 0.1) is 6.92 Å². The lowest BCUT2D eigenvalue weighted by molar-refractivity contribution is -0.139. The van der Waals surface area contributed by atoms with Crippen LogP contribution in [0.4, 0.5) is 5.69 Å². The van der Waals surface area contributed by atoms with Crippen molar-refractivity contribution >= 4 is 29.3 Å². The van der Waals surface area contributed by atoms with E-state index in [2.05, 4.69) is 20.0 Å². The minimum atomic E-state index is -0.485. The van der Waals surface area contributed by atoms with Gasteiger partial charge in [-0.2, -0.15) is 0 Å². The molecule has 0 spiro atoms. The molecule has 0 fully saturated rings. The van der Waals surface area contributed by atoms with Crippen molar-refractivity contribution < 1.29 is 14.3 Å². The molecule has 0 bridgehead atoms. The second-order valence-electron chi connectivity index (χ2n) is 4.95. The number of aromatic nitrogens is 2. The van der Waals surface area contributed by atoms with Gasteiger partial charge in [-0.1, -0.05) is 30.0 Å². The van der Waals surface area contributed by atoms with E-state index in [1.165, 1.54) is 13.2 Å². The molecule has 0 radical (unpaired) electrons. The van der Waals surface area contributed by atoms with E-state index in [9.17, 15) is 14.4 Å². The lowest BCUT2D eigenvalue weighted by atomic mass is 10.2. The van der Waals surface area contributed by atoms with E-state index >= 15 is 0 Å². The molecule has 1 aromatic carbocycles. The van der Waals surface area contributed by atoms with Crippen LogP contribution >= 0.6 is 11.8 Å². The second-order valence-corrected chi connectivity index (χ2v) is 5.91. The van der Waals surface area contributed by atoms with Gasteiger partial charge in [0.25, 0.3) is 5.56 Å². The average molecular weight is 347 g/mol. The van der Waals surface area contributed by atoms with E-state index in [-0.39, 0.29) is 28.8 Å². The van der Waals surface area contributed by atoms with E-state index in [0.29, 0.717) is 5.69 Å². The van der Waals surface area contributed by atoms with E-state index in [4.69, 9.17) is 0 Å². The van der Waals surface area contributed by atoms with E-state index in [1.807, 2.05) is 31.2 Å². The van der Waals surface area contributed by atoms with E-state index in [0.717, 1.165) is 23.0 Å². The molecule has 1 heterocycles. The number of carbonyl (C=O) groups excluding carboxylic acids is 2. The molecule has 0 aliphatic carbocycles. The first-order chi connectivity index (χ1) is 11.5. The number of esters is 1. The van der Waals surface area contributed by atoms with Gasteiger partial charge in [-0.15, -0.1) is 0 Å². The summed E-state index contributed by atoms with van der Waals surface area (Å²) in [4.78, 5) is 41.5. The van der Waals surface area contributed by atoms with Crippen LogP contribution in [0.5, 0.6) is 0 Å². The molecule has 126 valence electrons. The maximum Gasteiger partial charge on any atom is 0.311 e. The molecule has 7 nitrogen and oxygen atoms in total. The van der Waals surface area contributed by atoms with Crippen molar-refractivity contribution in [1.29, 1.82) is 0 Å². The molecule has 2 aromatic rings. The van der Waals surface area contributed by atoms with Crippen molar-refractivity contribution in [3.05, 3.63) is 51.9 Å². The Morgan fingerprint density at radius 2 is 2.08 bits per heavy atom. The summed E-state index contributed by atoms with van der Waals surface area (Å²) in [7, 11) is 1.26. The van der Waals surface area contributed by atoms with Crippen molar-refractivity contribution in [2.75, 3.05) is 18.2 Å². The fourth-order valence-electron chi connectivity index (χ4n) is 1.90. The van der Waals surface area contributed by atoms with Crippen LogP contribution < -0.4 is 10.9 Å². The zero-order valence-corrected chi connectivity index (χ0v) is 14.1. The Bertz CT molecular complexity index is 804. The predicted octanol–water partition coefficient (Wildman–Crippen LogP) is 1.52. The highest BCUT2D eigenvalue weighted by Gasteiger charge is 2.10. The minimum absolute atomic E-state index is 0.0823. The molecule has 0 aliphatic heterocycles. The first kappa shape index (κ1) is 17.7. The van der Waals surface area contributed by atoms with Gasteiger partial charge in [0.15, 0.2) is 5.16 Å². The summed E-state index contributed by atoms with van der Waals surface area (Å²) < 4.78 is 4.55.